The lowest BCUT2D eigenvalue weighted by Gasteiger charge is -2.07. The van der Waals surface area contributed by atoms with Crippen LogP contribution in [0.2, 0.25) is 0 Å². The van der Waals surface area contributed by atoms with Crippen molar-refractivity contribution in [2.75, 3.05) is 0 Å². The second-order valence-corrected chi connectivity index (χ2v) is 5.24. The normalized spacial score (nSPS) is 11.0. The number of aryl methyl sites for hydroxylation is 1. The van der Waals surface area contributed by atoms with E-state index in [0.717, 1.165) is 11.3 Å². The molecule has 0 radical (unpaired) electrons. The standard InChI is InChI=1S/C16H11N5O3/c1-9-3-2-4-15(17-9)21-14(8-13(18-21)16(22)23)10-5-6-11-12(7-10)20-24-19-11/h2-8H,1H3,(H,22,23). The summed E-state index contributed by atoms with van der Waals surface area (Å²) in [7, 11) is 0. The lowest BCUT2D eigenvalue weighted by molar-refractivity contribution is 0.0690. The third-order valence-corrected chi connectivity index (χ3v) is 3.57. The van der Waals surface area contributed by atoms with E-state index >= 15 is 0 Å². The van der Waals surface area contributed by atoms with E-state index in [2.05, 4.69) is 20.4 Å². The minimum absolute atomic E-state index is 0.0633. The van der Waals surface area contributed by atoms with Crippen molar-refractivity contribution in [3.63, 3.8) is 0 Å². The number of benzene rings is 1. The average molecular weight is 321 g/mol. The molecule has 0 fully saturated rings. The molecule has 0 saturated carbocycles. The maximum atomic E-state index is 11.3. The van der Waals surface area contributed by atoms with Crippen LogP contribution < -0.4 is 0 Å². The second-order valence-electron chi connectivity index (χ2n) is 5.24. The second kappa shape index (κ2) is 5.27. The van der Waals surface area contributed by atoms with Gasteiger partial charge in [-0.25, -0.2) is 19.1 Å². The van der Waals surface area contributed by atoms with E-state index in [0.29, 0.717) is 22.5 Å². The average Bonchev–Trinajstić information content (AvgIpc) is 3.21. The lowest BCUT2D eigenvalue weighted by atomic mass is 10.1. The number of carbonyl (C=O) groups is 1. The minimum atomic E-state index is -1.10. The van der Waals surface area contributed by atoms with Crippen LogP contribution in [0, 0.1) is 6.92 Å². The molecule has 0 aliphatic heterocycles. The van der Waals surface area contributed by atoms with Crippen LogP contribution in [0.15, 0.2) is 47.1 Å². The van der Waals surface area contributed by atoms with Gasteiger partial charge in [0, 0.05) is 11.3 Å². The number of aromatic carboxylic acids is 1. The Morgan fingerprint density at radius 1 is 1.12 bits per heavy atom. The number of rotatable bonds is 3. The van der Waals surface area contributed by atoms with Crippen molar-refractivity contribution in [3.05, 3.63) is 53.9 Å². The lowest BCUT2D eigenvalue weighted by Crippen LogP contribution is -2.04. The van der Waals surface area contributed by atoms with Gasteiger partial charge in [0.25, 0.3) is 0 Å². The fourth-order valence-corrected chi connectivity index (χ4v) is 2.45. The van der Waals surface area contributed by atoms with Crippen LogP contribution in [0.4, 0.5) is 0 Å². The molecule has 0 saturated heterocycles. The molecule has 8 nitrogen and oxygen atoms in total. The van der Waals surface area contributed by atoms with Crippen LogP contribution in [0.1, 0.15) is 16.2 Å². The van der Waals surface area contributed by atoms with Crippen molar-refractivity contribution in [2.45, 2.75) is 6.92 Å². The van der Waals surface area contributed by atoms with Gasteiger partial charge in [-0.3, -0.25) is 0 Å². The molecule has 0 aliphatic rings. The number of carboxylic acids is 1. The molecule has 4 rings (SSSR count). The molecule has 24 heavy (non-hydrogen) atoms. The van der Waals surface area contributed by atoms with Crippen LogP contribution in [-0.2, 0) is 0 Å². The summed E-state index contributed by atoms with van der Waals surface area (Å²) in [4.78, 5) is 15.7. The molecule has 0 bridgehead atoms. The zero-order valence-corrected chi connectivity index (χ0v) is 12.5. The Hall–Kier alpha value is -3.55. The van der Waals surface area contributed by atoms with E-state index in [4.69, 9.17) is 4.63 Å². The summed E-state index contributed by atoms with van der Waals surface area (Å²) in [5.74, 6) is -0.567. The first-order chi connectivity index (χ1) is 11.6. The van der Waals surface area contributed by atoms with Crippen LogP contribution in [0.25, 0.3) is 28.1 Å². The summed E-state index contributed by atoms with van der Waals surface area (Å²) < 4.78 is 6.21. The number of fused-ring (bicyclic) bond motifs is 1. The van der Waals surface area contributed by atoms with Crippen molar-refractivity contribution >= 4 is 17.0 Å². The fourth-order valence-electron chi connectivity index (χ4n) is 2.45. The highest BCUT2D eigenvalue weighted by molar-refractivity contribution is 5.88. The van der Waals surface area contributed by atoms with Gasteiger partial charge < -0.3 is 5.11 Å². The third kappa shape index (κ3) is 2.30. The van der Waals surface area contributed by atoms with Crippen LogP contribution >= 0.6 is 0 Å². The minimum Gasteiger partial charge on any atom is -0.476 e. The molecule has 0 unspecified atom stereocenters. The zero-order chi connectivity index (χ0) is 16.7. The summed E-state index contributed by atoms with van der Waals surface area (Å²) in [5.41, 5.74) is 3.27. The van der Waals surface area contributed by atoms with Crippen molar-refractivity contribution in [1.82, 2.24) is 25.1 Å². The molecule has 0 spiro atoms. The number of pyridine rings is 1. The summed E-state index contributed by atoms with van der Waals surface area (Å²) >= 11 is 0. The first kappa shape index (κ1) is 14.1. The fraction of sp³-hybridized carbons (Fsp3) is 0.0625. The summed E-state index contributed by atoms with van der Waals surface area (Å²) in [6.45, 7) is 1.86. The number of nitrogens with zero attached hydrogens (tertiary/aromatic N) is 5. The molecule has 1 N–H and O–H groups in total. The van der Waals surface area contributed by atoms with E-state index in [9.17, 15) is 9.90 Å². The molecule has 0 amide bonds. The van der Waals surface area contributed by atoms with Gasteiger partial charge in [0.05, 0.1) is 5.69 Å². The highest BCUT2D eigenvalue weighted by Crippen LogP contribution is 2.26. The monoisotopic (exact) mass is 321 g/mol. The van der Waals surface area contributed by atoms with E-state index in [1.807, 2.05) is 25.1 Å². The van der Waals surface area contributed by atoms with Gasteiger partial charge in [-0.1, -0.05) is 12.1 Å². The molecule has 0 aliphatic carbocycles. The SMILES string of the molecule is Cc1cccc(-n2nc(C(=O)O)cc2-c2ccc3nonc3c2)n1. The van der Waals surface area contributed by atoms with Crippen LogP contribution in [0.5, 0.6) is 0 Å². The summed E-state index contributed by atoms with van der Waals surface area (Å²) in [6.07, 6.45) is 0. The largest absolute Gasteiger partial charge is 0.476 e. The van der Waals surface area contributed by atoms with Gasteiger partial charge >= 0.3 is 5.97 Å². The quantitative estimate of drug-likeness (QED) is 0.617. The smallest absolute Gasteiger partial charge is 0.356 e. The molecular formula is C16H11N5O3. The first-order valence-electron chi connectivity index (χ1n) is 7.12. The van der Waals surface area contributed by atoms with Crippen molar-refractivity contribution in [2.24, 2.45) is 0 Å². The number of carboxylic acid groups (broad SMARTS) is 1. The number of hydrogen-bond donors (Lipinski definition) is 1. The van der Waals surface area contributed by atoms with Gasteiger partial charge in [0.2, 0.25) is 0 Å². The molecule has 3 aromatic heterocycles. The number of aromatic nitrogens is 5. The molecule has 118 valence electrons. The number of hydrogen-bond acceptors (Lipinski definition) is 6. The maximum absolute atomic E-state index is 11.3. The van der Waals surface area contributed by atoms with Crippen molar-refractivity contribution < 1.29 is 14.5 Å². The summed E-state index contributed by atoms with van der Waals surface area (Å²) in [6, 6.07) is 12.3. The molecule has 0 atom stereocenters. The third-order valence-electron chi connectivity index (χ3n) is 3.57. The Morgan fingerprint density at radius 2 is 1.96 bits per heavy atom. The van der Waals surface area contributed by atoms with E-state index in [1.165, 1.54) is 10.7 Å². The van der Waals surface area contributed by atoms with Gasteiger partial charge in [-0.05, 0) is 47.6 Å². The van der Waals surface area contributed by atoms with E-state index < -0.39 is 5.97 Å². The van der Waals surface area contributed by atoms with Gasteiger partial charge in [-0.15, -0.1) is 0 Å². The van der Waals surface area contributed by atoms with Crippen molar-refractivity contribution in [1.29, 1.82) is 0 Å². The Balaban J connectivity index is 1.94. The summed E-state index contributed by atoms with van der Waals surface area (Å²) in [5, 5.41) is 21.0. The molecule has 4 aromatic rings. The van der Waals surface area contributed by atoms with E-state index in [1.54, 1.807) is 18.2 Å². The molecular weight excluding hydrogens is 310 g/mol. The van der Waals surface area contributed by atoms with Crippen LogP contribution in [0.3, 0.4) is 0 Å². The molecule has 8 heteroatoms. The first-order valence-corrected chi connectivity index (χ1v) is 7.12. The predicted molar refractivity (Wildman–Crippen MR) is 83.9 cm³/mol. The van der Waals surface area contributed by atoms with Crippen molar-refractivity contribution in [3.8, 4) is 17.1 Å². The van der Waals surface area contributed by atoms with Gasteiger partial charge in [0.1, 0.15) is 11.0 Å². The topological polar surface area (TPSA) is 107 Å². The molecule has 3 heterocycles. The molecule has 1 aromatic carbocycles. The Morgan fingerprint density at radius 3 is 2.75 bits per heavy atom. The van der Waals surface area contributed by atoms with Gasteiger partial charge in [-0.2, -0.15) is 5.10 Å². The highest BCUT2D eigenvalue weighted by atomic mass is 16.6. The Labute approximate surface area is 135 Å². The van der Waals surface area contributed by atoms with E-state index in [-0.39, 0.29) is 5.69 Å². The Bertz CT molecular complexity index is 1070. The Kier molecular flexibility index (Phi) is 3.09. The van der Waals surface area contributed by atoms with Crippen LogP contribution in [-0.4, -0.2) is 36.2 Å². The predicted octanol–water partition coefficient (Wildman–Crippen LogP) is 2.48. The van der Waals surface area contributed by atoms with Gasteiger partial charge in [0.15, 0.2) is 11.5 Å². The maximum Gasteiger partial charge on any atom is 0.356 e. The zero-order valence-electron chi connectivity index (χ0n) is 12.5. The highest BCUT2D eigenvalue weighted by Gasteiger charge is 2.17.